The van der Waals surface area contributed by atoms with E-state index in [1.807, 2.05) is 0 Å². The van der Waals surface area contributed by atoms with E-state index >= 15 is 0 Å². The van der Waals surface area contributed by atoms with Gasteiger partial charge in [-0.05, 0) is 6.07 Å². The number of carbonyl (C=O) groups excluding carboxylic acids is 1. The molecule has 1 aliphatic heterocycles. The molecule has 1 aliphatic rings. The van der Waals surface area contributed by atoms with Crippen molar-refractivity contribution in [3.63, 3.8) is 0 Å². The molecule has 1 amide bonds. The number of amides is 1. The number of hydrogen-bond acceptors (Lipinski definition) is 5. The molecule has 1 aromatic heterocycles. The molecule has 0 saturated heterocycles. The average molecular weight is 272 g/mol. The fraction of sp³-hybridized carbons (Fsp3) is 0.167. The minimum atomic E-state index is -0.855. The van der Waals surface area contributed by atoms with Crippen LogP contribution in [-0.4, -0.2) is 15.9 Å². The number of rotatable bonds is 1. The van der Waals surface area contributed by atoms with Gasteiger partial charge in [0.25, 0.3) is 6.10 Å². The van der Waals surface area contributed by atoms with Crippen LogP contribution in [0.2, 0.25) is 0 Å². The van der Waals surface area contributed by atoms with Gasteiger partial charge in [-0.2, -0.15) is 0 Å². The van der Waals surface area contributed by atoms with Crippen molar-refractivity contribution in [1.82, 2.24) is 9.97 Å². The van der Waals surface area contributed by atoms with E-state index in [9.17, 15) is 4.79 Å². The fourth-order valence-corrected chi connectivity index (χ4v) is 0.812. The van der Waals surface area contributed by atoms with Gasteiger partial charge in [0.15, 0.2) is 5.82 Å². The topological polar surface area (TPSA) is 76.8 Å². The Balaban J connectivity index is 0.000000845. The zero-order chi connectivity index (χ0) is 8.39. The Labute approximate surface area is 88.9 Å². The van der Waals surface area contributed by atoms with Crippen molar-refractivity contribution in [3.8, 4) is 0 Å². The van der Waals surface area contributed by atoms with Gasteiger partial charge in [-0.15, -0.1) is 0 Å². The van der Waals surface area contributed by atoms with Crippen LogP contribution in [0.25, 0.3) is 0 Å². The number of aromatic nitrogens is 2. The van der Waals surface area contributed by atoms with Gasteiger partial charge < -0.3 is 4.84 Å². The third-order valence-electron chi connectivity index (χ3n) is 1.34. The van der Waals surface area contributed by atoms with Crippen molar-refractivity contribution in [2.75, 3.05) is 0 Å². The first-order valence-corrected chi connectivity index (χ1v) is 3.25. The summed E-state index contributed by atoms with van der Waals surface area (Å²) in [7, 11) is 0. The average Bonchev–Trinajstić information content (AvgIpc) is 2.53. The van der Waals surface area contributed by atoms with Crippen molar-refractivity contribution in [3.05, 3.63) is 24.3 Å². The van der Waals surface area contributed by atoms with Gasteiger partial charge in [-0.25, -0.2) is 9.97 Å². The summed E-state index contributed by atoms with van der Waals surface area (Å²) in [5.41, 5.74) is 0. The molecule has 13 heavy (non-hydrogen) atoms. The van der Waals surface area contributed by atoms with Crippen LogP contribution >= 0.6 is 0 Å². The largest absolute Gasteiger partial charge is 1.00 e. The van der Waals surface area contributed by atoms with Gasteiger partial charge in [0.1, 0.15) is 0 Å². The smallest absolute Gasteiger partial charge is 0.357 e. The molecule has 70 valence electrons. The summed E-state index contributed by atoms with van der Waals surface area (Å²) >= 11 is 0. The zero-order valence-corrected chi connectivity index (χ0v) is 7.70. The molecule has 0 aliphatic carbocycles. The Morgan fingerprint density at radius 3 is 2.54 bits per heavy atom. The van der Waals surface area contributed by atoms with Crippen molar-refractivity contribution in [2.24, 2.45) is 10.4 Å². The van der Waals surface area contributed by atoms with E-state index < -0.39 is 12.0 Å². The minimum absolute atomic E-state index is 0. The maximum Gasteiger partial charge on any atom is 1.00 e. The number of carbonyl (C=O) groups is 1. The van der Waals surface area contributed by atoms with Gasteiger partial charge in [-0.1, -0.05) is 5.11 Å². The molecule has 0 bridgehead atoms. The number of hydrogen-bond donors (Lipinski definition) is 0. The van der Waals surface area contributed by atoms with Gasteiger partial charge in [-0.3, -0.25) is 4.79 Å². The predicted molar refractivity (Wildman–Crippen MR) is 35.7 cm³/mol. The summed E-state index contributed by atoms with van der Waals surface area (Å²) in [6.45, 7) is 0. The second-order valence-electron chi connectivity index (χ2n) is 2.11. The van der Waals surface area contributed by atoms with Crippen LogP contribution in [0.3, 0.4) is 0 Å². The quantitative estimate of drug-likeness (QED) is 0.695. The normalized spacial score (nSPS) is 19.4. The van der Waals surface area contributed by atoms with Crippen LogP contribution in [0, 0.1) is 0 Å². The van der Waals surface area contributed by atoms with Gasteiger partial charge in [0.2, 0.25) is 0 Å². The Morgan fingerprint density at radius 1 is 1.31 bits per heavy atom. The molecular formula is C6H4AgN4O2+. The standard InChI is InChI=1S/C6H4N4O2.Ag/c11-6-4(12-10-9-6)5-7-2-1-3-8-5;/h1-4H;/q;+1. The van der Waals surface area contributed by atoms with Crippen molar-refractivity contribution < 1.29 is 32.0 Å². The SMILES string of the molecule is O=C1N=NOC1c1ncccn1.[Ag+]. The second kappa shape index (κ2) is 4.22. The van der Waals surface area contributed by atoms with Crippen molar-refractivity contribution in [1.29, 1.82) is 0 Å². The van der Waals surface area contributed by atoms with Crippen LogP contribution in [0.4, 0.5) is 0 Å². The van der Waals surface area contributed by atoms with E-state index in [1.54, 1.807) is 6.07 Å². The molecule has 0 aromatic carbocycles. The Morgan fingerprint density at radius 2 is 2.00 bits per heavy atom. The Hall–Kier alpha value is -1.11. The van der Waals surface area contributed by atoms with Gasteiger partial charge in [0.05, 0.1) is 0 Å². The maximum atomic E-state index is 10.9. The van der Waals surface area contributed by atoms with Crippen molar-refractivity contribution in [2.45, 2.75) is 6.10 Å². The van der Waals surface area contributed by atoms with E-state index in [4.69, 9.17) is 0 Å². The Kier molecular flexibility index (Phi) is 3.24. The minimum Gasteiger partial charge on any atom is -0.357 e. The molecule has 0 spiro atoms. The predicted octanol–water partition coefficient (Wildman–Crippen LogP) is 0.439. The fourth-order valence-electron chi connectivity index (χ4n) is 0.812. The molecule has 6 nitrogen and oxygen atoms in total. The van der Waals surface area contributed by atoms with E-state index in [1.165, 1.54) is 12.4 Å². The summed E-state index contributed by atoms with van der Waals surface area (Å²) < 4.78 is 0. The van der Waals surface area contributed by atoms with Crippen LogP contribution in [0.5, 0.6) is 0 Å². The van der Waals surface area contributed by atoms with Crippen LogP contribution in [0.1, 0.15) is 11.9 Å². The van der Waals surface area contributed by atoms with E-state index in [-0.39, 0.29) is 28.2 Å². The van der Waals surface area contributed by atoms with Crippen LogP contribution in [-0.2, 0) is 32.0 Å². The molecule has 2 rings (SSSR count). The third-order valence-corrected chi connectivity index (χ3v) is 1.34. The summed E-state index contributed by atoms with van der Waals surface area (Å²) in [6, 6.07) is 1.65. The molecule has 0 N–H and O–H groups in total. The monoisotopic (exact) mass is 271 g/mol. The van der Waals surface area contributed by atoms with E-state index in [0.29, 0.717) is 0 Å². The zero-order valence-electron chi connectivity index (χ0n) is 6.22. The molecule has 1 unspecified atom stereocenters. The summed E-state index contributed by atoms with van der Waals surface area (Å²) in [4.78, 5) is 23.2. The molecule has 0 saturated carbocycles. The number of nitrogens with zero attached hydrogens (tertiary/aromatic N) is 4. The van der Waals surface area contributed by atoms with Gasteiger partial charge >= 0.3 is 28.3 Å². The maximum absolute atomic E-state index is 10.9. The first-order valence-electron chi connectivity index (χ1n) is 3.25. The molecule has 0 radical (unpaired) electrons. The summed E-state index contributed by atoms with van der Waals surface area (Å²) in [6.07, 6.45) is 2.19. The molecule has 1 aromatic rings. The molecule has 0 fully saturated rings. The molecule has 7 heteroatoms. The Bertz CT molecular complexity index is 329. The molecule has 1 atom stereocenters. The summed E-state index contributed by atoms with van der Waals surface area (Å²) in [5, 5.41) is 6.30. The first kappa shape index (κ1) is 9.97. The van der Waals surface area contributed by atoms with Crippen LogP contribution in [0.15, 0.2) is 28.9 Å². The third kappa shape index (κ3) is 1.97. The van der Waals surface area contributed by atoms with E-state index in [2.05, 4.69) is 25.2 Å². The van der Waals surface area contributed by atoms with E-state index in [0.717, 1.165) is 0 Å². The molecular weight excluding hydrogens is 268 g/mol. The van der Waals surface area contributed by atoms with Gasteiger partial charge in [0, 0.05) is 17.7 Å². The summed E-state index contributed by atoms with van der Waals surface area (Å²) in [5.74, 6) is -0.186. The van der Waals surface area contributed by atoms with Crippen molar-refractivity contribution >= 4 is 5.91 Å². The second-order valence-corrected chi connectivity index (χ2v) is 2.11. The molecule has 2 heterocycles. The van der Waals surface area contributed by atoms with Crippen LogP contribution < -0.4 is 0 Å². The first-order chi connectivity index (χ1) is 5.88.